The van der Waals surface area contributed by atoms with Gasteiger partial charge in [0, 0.05) is 10.6 Å². The van der Waals surface area contributed by atoms with Crippen molar-refractivity contribution >= 4 is 33.1 Å². The van der Waals surface area contributed by atoms with Gasteiger partial charge in [-0.3, -0.25) is 14.2 Å². The smallest absolute Gasteiger partial charge is 0.262 e. The zero-order chi connectivity index (χ0) is 19.7. The number of hydrogen-bond acceptors (Lipinski definition) is 4. The lowest BCUT2D eigenvalue weighted by molar-refractivity contribution is -0.116. The zero-order valence-corrected chi connectivity index (χ0v) is 17.1. The fourth-order valence-electron chi connectivity index (χ4n) is 3.78. The average molecular weight is 396 g/mol. The monoisotopic (exact) mass is 395 g/mol. The molecule has 6 heteroatoms. The molecule has 1 aromatic carbocycles. The number of rotatable bonds is 5. The second-order valence-corrected chi connectivity index (χ2v) is 8.63. The maximum absolute atomic E-state index is 13.0. The van der Waals surface area contributed by atoms with Crippen molar-refractivity contribution in [2.24, 2.45) is 0 Å². The van der Waals surface area contributed by atoms with E-state index < -0.39 is 0 Å². The van der Waals surface area contributed by atoms with Crippen molar-refractivity contribution in [2.75, 3.05) is 5.32 Å². The highest BCUT2D eigenvalue weighted by Gasteiger charge is 2.20. The van der Waals surface area contributed by atoms with E-state index in [2.05, 4.69) is 24.1 Å². The lowest BCUT2D eigenvalue weighted by Crippen LogP contribution is -2.28. The molecule has 1 atom stereocenters. The van der Waals surface area contributed by atoms with Gasteiger partial charge in [0.15, 0.2) is 0 Å². The quantitative estimate of drug-likeness (QED) is 0.692. The standard InChI is InChI=1S/C22H25N3O2S/c1-3-14(2)15-8-10-16(11-9-15)24-19(26)12-25-13-23-21-20(22(25)27)17-6-4-5-7-18(17)28-21/h8-11,13-14H,3-7,12H2,1-2H3,(H,24,26)/t14-/m0/s1. The summed E-state index contributed by atoms with van der Waals surface area (Å²) in [5.74, 6) is 0.279. The number of amides is 1. The summed E-state index contributed by atoms with van der Waals surface area (Å²) < 4.78 is 1.42. The normalized spacial score (nSPS) is 14.6. The van der Waals surface area contributed by atoms with E-state index in [0.29, 0.717) is 11.3 Å². The van der Waals surface area contributed by atoms with Gasteiger partial charge in [-0.05, 0) is 61.3 Å². The summed E-state index contributed by atoms with van der Waals surface area (Å²) in [4.78, 5) is 32.0. The minimum atomic E-state index is -0.219. The fourth-order valence-corrected chi connectivity index (χ4v) is 5.00. The summed E-state index contributed by atoms with van der Waals surface area (Å²) >= 11 is 1.62. The van der Waals surface area contributed by atoms with Crippen LogP contribution >= 0.6 is 11.3 Å². The van der Waals surface area contributed by atoms with Crippen LogP contribution in [0.15, 0.2) is 35.4 Å². The molecule has 0 aliphatic heterocycles. The number of nitrogens with zero attached hydrogens (tertiary/aromatic N) is 2. The van der Waals surface area contributed by atoms with E-state index in [0.717, 1.165) is 41.8 Å². The Balaban J connectivity index is 1.52. The Kier molecular flexibility index (Phi) is 5.31. The third-order valence-electron chi connectivity index (χ3n) is 5.63. The molecule has 1 amide bonds. The van der Waals surface area contributed by atoms with E-state index in [9.17, 15) is 9.59 Å². The lowest BCUT2D eigenvalue weighted by Gasteiger charge is -2.12. The van der Waals surface area contributed by atoms with Crippen molar-refractivity contribution in [3.05, 3.63) is 57.0 Å². The molecule has 1 N–H and O–H groups in total. The molecule has 0 saturated carbocycles. The topological polar surface area (TPSA) is 64.0 Å². The minimum Gasteiger partial charge on any atom is -0.325 e. The second-order valence-electron chi connectivity index (χ2n) is 7.55. The first-order chi connectivity index (χ1) is 13.6. The summed E-state index contributed by atoms with van der Waals surface area (Å²) in [6.07, 6.45) is 6.83. The van der Waals surface area contributed by atoms with E-state index in [-0.39, 0.29) is 18.0 Å². The van der Waals surface area contributed by atoms with E-state index in [1.54, 1.807) is 11.3 Å². The second kappa shape index (κ2) is 7.87. The van der Waals surface area contributed by atoms with Crippen molar-refractivity contribution in [2.45, 2.75) is 58.4 Å². The average Bonchev–Trinajstić information content (AvgIpc) is 3.09. The maximum Gasteiger partial charge on any atom is 0.262 e. The molecule has 4 rings (SSSR count). The van der Waals surface area contributed by atoms with Gasteiger partial charge in [0.2, 0.25) is 5.91 Å². The maximum atomic E-state index is 13.0. The number of benzene rings is 1. The largest absolute Gasteiger partial charge is 0.325 e. The summed E-state index contributed by atoms with van der Waals surface area (Å²) in [6, 6.07) is 7.92. The molecule has 3 aromatic rings. The number of carbonyl (C=O) groups is 1. The Bertz CT molecular complexity index is 1070. The third-order valence-corrected chi connectivity index (χ3v) is 6.83. The van der Waals surface area contributed by atoms with Gasteiger partial charge in [0.05, 0.1) is 11.7 Å². The summed E-state index contributed by atoms with van der Waals surface area (Å²) in [5.41, 5.74) is 3.05. The number of carbonyl (C=O) groups excluding carboxylic acids is 1. The minimum absolute atomic E-state index is 0.0283. The first kappa shape index (κ1) is 18.9. The van der Waals surface area contributed by atoms with E-state index in [1.165, 1.54) is 27.8 Å². The van der Waals surface area contributed by atoms with Crippen molar-refractivity contribution in [3.8, 4) is 0 Å². The first-order valence-electron chi connectivity index (χ1n) is 9.96. The van der Waals surface area contributed by atoms with Gasteiger partial charge in [-0.25, -0.2) is 4.98 Å². The van der Waals surface area contributed by atoms with Gasteiger partial charge in [0.25, 0.3) is 5.56 Å². The Morgan fingerprint density at radius 2 is 2.00 bits per heavy atom. The predicted molar refractivity (Wildman–Crippen MR) is 114 cm³/mol. The number of fused-ring (bicyclic) bond motifs is 3. The van der Waals surface area contributed by atoms with Crippen LogP contribution < -0.4 is 10.9 Å². The zero-order valence-electron chi connectivity index (χ0n) is 16.3. The van der Waals surface area contributed by atoms with Crippen LogP contribution in [-0.2, 0) is 24.2 Å². The first-order valence-corrected chi connectivity index (χ1v) is 10.8. The molecule has 0 unspecified atom stereocenters. The molecule has 1 aliphatic carbocycles. The van der Waals surface area contributed by atoms with E-state index in [4.69, 9.17) is 0 Å². The predicted octanol–water partition coefficient (Wildman–Crippen LogP) is 4.49. The van der Waals surface area contributed by atoms with Crippen molar-refractivity contribution in [3.63, 3.8) is 0 Å². The Labute approximate surface area is 168 Å². The highest BCUT2D eigenvalue weighted by molar-refractivity contribution is 7.18. The highest BCUT2D eigenvalue weighted by atomic mass is 32.1. The molecule has 1 aliphatic rings. The summed E-state index contributed by atoms with van der Waals surface area (Å²) in [5, 5.41) is 3.60. The fraction of sp³-hybridized carbons (Fsp3) is 0.409. The van der Waals surface area contributed by atoms with Crippen molar-refractivity contribution in [1.29, 1.82) is 0 Å². The molecule has 2 heterocycles. The Morgan fingerprint density at radius 1 is 1.25 bits per heavy atom. The van der Waals surface area contributed by atoms with E-state index >= 15 is 0 Å². The summed E-state index contributed by atoms with van der Waals surface area (Å²) in [7, 11) is 0. The molecule has 0 radical (unpaired) electrons. The van der Waals surface area contributed by atoms with Crippen LogP contribution in [0, 0.1) is 0 Å². The molecular formula is C22H25N3O2S. The molecule has 0 spiro atoms. The number of nitrogens with one attached hydrogen (secondary N) is 1. The van der Waals surface area contributed by atoms with Crippen molar-refractivity contribution < 1.29 is 4.79 Å². The van der Waals surface area contributed by atoms with Gasteiger partial charge in [0.1, 0.15) is 11.4 Å². The molecule has 0 fully saturated rings. The lowest BCUT2D eigenvalue weighted by atomic mass is 9.97. The van der Waals surface area contributed by atoms with Crippen LogP contribution in [0.2, 0.25) is 0 Å². The molecule has 0 bridgehead atoms. The van der Waals surface area contributed by atoms with Crippen LogP contribution in [0.1, 0.15) is 55.0 Å². The number of hydrogen-bond donors (Lipinski definition) is 1. The van der Waals surface area contributed by atoms with Gasteiger partial charge < -0.3 is 5.32 Å². The molecule has 5 nitrogen and oxygen atoms in total. The molecule has 146 valence electrons. The molecule has 2 aromatic heterocycles. The molecular weight excluding hydrogens is 370 g/mol. The van der Waals surface area contributed by atoms with Gasteiger partial charge in [-0.1, -0.05) is 26.0 Å². The number of aromatic nitrogens is 2. The summed E-state index contributed by atoms with van der Waals surface area (Å²) in [6.45, 7) is 4.32. The molecule has 0 saturated heterocycles. The third kappa shape index (κ3) is 3.61. The van der Waals surface area contributed by atoms with Crippen LogP contribution in [0.25, 0.3) is 10.2 Å². The van der Waals surface area contributed by atoms with Crippen LogP contribution in [0.3, 0.4) is 0 Å². The number of thiophene rings is 1. The Hall–Kier alpha value is -2.47. The molecule has 28 heavy (non-hydrogen) atoms. The van der Waals surface area contributed by atoms with E-state index in [1.807, 2.05) is 24.3 Å². The number of anilines is 1. The van der Waals surface area contributed by atoms with Gasteiger partial charge in [-0.15, -0.1) is 11.3 Å². The Morgan fingerprint density at radius 3 is 2.75 bits per heavy atom. The van der Waals surface area contributed by atoms with Gasteiger partial charge >= 0.3 is 0 Å². The van der Waals surface area contributed by atoms with Crippen LogP contribution in [-0.4, -0.2) is 15.5 Å². The van der Waals surface area contributed by atoms with Crippen molar-refractivity contribution in [1.82, 2.24) is 9.55 Å². The number of aryl methyl sites for hydroxylation is 2. The van der Waals surface area contributed by atoms with Crippen LogP contribution in [0.4, 0.5) is 5.69 Å². The van der Waals surface area contributed by atoms with Gasteiger partial charge in [-0.2, -0.15) is 0 Å². The highest BCUT2D eigenvalue weighted by Crippen LogP contribution is 2.33. The SMILES string of the molecule is CC[C@H](C)c1ccc(NC(=O)Cn2cnc3sc4c(c3c2=O)CCCC4)cc1. The van der Waals surface area contributed by atoms with Crippen LogP contribution in [0.5, 0.6) is 0 Å².